The van der Waals surface area contributed by atoms with Crippen molar-refractivity contribution in [1.29, 1.82) is 5.26 Å². The van der Waals surface area contributed by atoms with Crippen LogP contribution in [0.3, 0.4) is 0 Å². The Bertz CT molecular complexity index is 801. The minimum Gasteiger partial charge on any atom is -0.491 e. The van der Waals surface area contributed by atoms with Gasteiger partial charge in [-0.3, -0.25) is 5.32 Å². The van der Waals surface area contributed by atoms with Crippen molar-refractivity contribution in [2.45, 2.75) is 19.4 Å². The van der Waals surface area contributed by atoms with E-state index in [1.54, 1.807) is 42.5 Å². The van der Waals surface area contributed by atoms with Crippen molar-refractivity contribution < 1.29 is 24.5 Å². The van der Waals surface area contributed by atoms with Gasteiger partial charge in [0.2, 0.25) is 0 Å². The van der Waals surface area contributed by atoms with E-state index in [9.17, 15) is 9.90 Å². The molecule has 2 aromatic rings. The normalized spacial score (nSPS) is 12.5. The average molecular weight is 384 g/mol. The Hall–Kier alpha value is -3.08. The van der Waals surface area contributed by atoms with Crippen molar-refractivity contribution in [3.8, 4) is 11.8 Å². The Kier molecular flexibility index (Phi) is 8.28. The maximum absolute atomic E-state index is 12.4. The number of carbonyl (C=O) groups excluding carboxylic acids is 1. The average Bonchev–Trinajstić information content (AvgIpc) is 2.71. The Morgan fingerprint density at radius 1 is 1.18 bits per heavy atom. The first-order chi connectivity index (χ1) is 13.6. The lowest BCUT2D eigenvalue weighted by Gasteiger charge is -2.24. The number of nitrogens with zero attached hydrogens (tertiary/aromatic N) is 1. The van der Waals surface area contributed by atoms with E-state index in [2.05, 4.69) is 5.32 Å². The molecule has 2 aromatic carbocycles. The van der Waals surface area contributed by atoms with Crippen LogP contribution in [0.4, 0.5) is 10.5 Å². The highest BCUT2D eigenvalue weighted by Gasteiger charge is 2.24. The molecule has 7 nitrogen and oxygen atoms in total. The molecule has 28 heavy (non-hydrogen) atoms. The summed E-state index contributed by atoms with van der Waals surface area (Å²) in [6.07, 6.45) is -0.777. The minimum atomic E-state index is -0.638. The number of nitriles is 1. The first-order valence-electron chi connectivity index (χ1n) is 8.99. The van der Waals surface area contributed by atoms with E-state index in [1.165, 1.54) is 0 Å². The SMILES string of the molecule is C[C@@H](CCO)[C@@H](OC(=O)Nc1ccc(C#N)cc1)c1cccc(OCCO)c1. The summed E-state index contributed by atoms with van der Waals surface area (Å²) >= 11 is 0. The van der Waals surface area contributed by atoms with Crippen molar-refractivity contribution in [1.82, 2.24) is 0 Å². The molecular formula is C21H24N2O5. The van der Waals surface area contributed by atoms with E-state index in [0.717, 1.165) is 5.56 Å². The Balaban J connectivity index is 2.13. The molecule has 0 spiro atoms. The molecule has 2 atom stereocenters. The number of ether oxygens (including phenoxy) is 2. The highest BCUT2D eigenvalue weighted by atomic mass is 16.6. The summed E-state index contributed by atoms with van der Waals surface area (Å²) in [5, 5.41) is 29.7. The first kappa shape index (κ1) is 21.2. The monoisotopic (exact) mass is 384 g/mol. The van der Waals surface area contributed by atoms with Crippen molar-refractivity contribution in [3.05, 3.63) is 59.7 Å². The van der Waals surface area contributed by atoms with E-state index >= 15 is 0 Å². The summed E-state index contributed by atoms with van der Waals surface area (Å²) in [7, 11) is 0. The van der Waals surface area contributed by atoms with Gasteiger partial charge >= 0.3 is 6.09 Å². The second-order valence-electron chi connectivity index (χ2n) is 6.27. The lowest BCUT2D eigenvalue weighted by atomic mass is 9.94. The molecular weight excluding hydrogens is 360 g/mol. The summed E-state index contributed by atoms with van der Waals surface area (Å²) in [5.41, 5.74) is 1.73. The number of aliphatic hydroxyl groups excluding tert-OH is 2. The molecule has 0 saturated heterocycles. The number of benzene rings is 2. The van der Waals surface area contributed by atoms with Crippen LogP contribution in [0.1, 0.15) is 30.6 Å². The maximum Gasteiger partial charge on any atom is 0.412 e. The van der Waals surface area contributed by atoms with Crippen molar-refractivity contribution in [2.75, 3.05) is 25.1 Å². The third kappa shape index (κ3) is 6.27. The van der Waals surface area contributed by atoms with Crippen molar-refractivity contribution in [3.63, 3.8) is 0 Å². The van der Waals surface area contributed by atoms with E-state index in [0.29, 0.717) is 23.4 Å². The minimum absolute atomic E-state index is 0.0288. The molecule has 0 saturated carbocycles. The van der Waals surface area contributed by atoms with Crippen LogP contribution in [0.15, 0.2) is 48.5 Å². The molecule has 2 rings (SSSR count). The molecule has 1 amide bonds. The van der Waals surface area contributed by atoms with E-state index in [1.807, 2.05) is 19.1 Å². The van der Waals surface area contributed by atoms with E-state index in [4.69, 9.17) is 19.8 Å². The number of anilines is 1. The zero-order valence-corrected chi connectivity index (χ0v) is 15.7. The molecule has 148 valence electrons. The van der Waals surface area contributed by atoms with Gasteiger partial charge in [-0.1, -0.05) is 19.1 Å². The summed E-state index contributed by atoms with van der Waals surface area (Å²) in [6.45, 7) is 1.93. The summed E-state index contributed by atoms with van der Waals surface area (Å²) in [6, 6.07) is 15.6. The lowest BCUT2D eigenvalue weighted by Crippen LogP contribution is -2.22. The molecule has 0 unspecified atom stereocenters. The van der Waals surface area contributed by atoms with Crippen molar-refractivity contribution >= 4 is 11.8 Å². The highest BCUT2D eigenvalue weighted by Crippen LogP contribution is 2.31. The topological polar surface area (TPSA) is 112 Å². The largest absolute Gasteiger partial charge is 0.491 e. The van der Waals surface area contributed by atoms with Gasteiger partial charge in [0.1, 0.15) is 18.5 Å². The highest BCUT2D eigenvalue weighted by molar-refractivity contribution is 5.84. The fourth-order valence-corrected chi connectivity index (χ4v) is 2.70. The molecule has 0 radical (unpaired) electrons. The van der Waals surface area contributed by atoms with Gasteiger partial charge in [0.05, 0.1) is 18.2 Å². The van der Waals surface area contributed by atoms with Crippen LogP contribution >= 0.6 is 0 Å². The van der Waals surface area contributed by atoms with Crippen LogP contribution in [0.2, 0.25) is 0 Å². The quantitative estimate of drug-likeness (QED) is 0.612. The molecule has 7 heteroatoms. The predicted molar refractivity (Wildman–Crippen MR) is 104 cm³/mol. The molecule has 0 fully saturated rings. The zero-order chi connectivity index (χ0) is 20.4. The van der Waals surface area contributed by atoms with Crippen LogP contribution in [-0.2, 0) is 4.74 Å². The number of amides is 1. The van der Waals surface area contributed by atoms with Gasteiger partial charge in [-0.2, -0.15) is 5.26 Å². The predicted octanol–water partition coefficient (Wildman–Crippen LogP) is 3.24. The fourth-order valence-electron chi connectivity index (χ4n) is 2.70. The second kappa shape index (κ2) is 10.9. The van der Waals surface area contributed by atoms with Gasteiger partial charge in [0.25, 0.3) is 0 Å². The second-order valence-corrected chi connectivity index (χ2v) is 6.27. The van der Waals surface area contributed by atoms with E-state index in [-0.39, 0.29) is 25.7 Å². The smallest absolute Gasteiger partial charge is 0.412 e. The van der Waals surface area contributed by atoms with Gasteiger partial charge in [-0.05, 0) is 54.3 Å². The number of hydrogen-bond acceptors (Lipinski definition) is 6. The van der Waals surface area contributed by atoms with Gasteiger partial charge in [0, 0.05) is 12.3 Å². The number of rotatable bonds is 9. The first-order valence-corrected chi connectivity index (χ1v) is 8.99. The van der Waals surface area contributed by atoms with Crippen LogP contribution in [0, 0.1) is 17.2 Å². The lowest BCUT2D eigenvalue weighted by molar-refractivity contribution is 0.0665. The molecule has 0 bridgehead atoms. The summed E-state index contributed by atoms with van der Waals surface area (Å²) in [5.74, 6) is 0.425. The molecule has 0 aliphatic carbocycles. The number of nitrogens with one attached hydrogen (secondary N) is 1. The molecule has 3 N–H and O–H groups in total. The van der Waals surface area contributed by atoms with Crippen LogP contribution in [-0.4, -0.2) is 36.1 Å². The summed E-state index contributed by atoms with van der Waals surface area (Å²) < 4.78 is 11.1. The van der Waals surface area contributed by atoms with Gasteiger partial charge in [-0.15, -0.1) is 0 Å². The summed E-state index contributed by atoms with van der Waals surface area (Å²) in [4.78, 5) is 12.4. The zero-order valence-electron chi connectivity index (χ0n) is 15.7. The Labute approximate surface area is 164 Å². The number of carbonyl (C=O) groups is 1. The maximum atomic E-state index is 12.4. The van der Waals surface area contributed by atoms with Gasteiger partial charge in [0.15, 0.2) is 0 Å². The van der Waals surface area contributed by atoms with E-state index < -0.39 is 12.2 Å². The van der Waals surface area contributed by atoms with Crippen LogP contribution in [0.25, 0.3) is 0 Å². The fraction of sp³-hybridized carbons (Fsp3) is 0.333. The standard InChI is InChI=1S/C21H24N2O5/c1-15(9-10-24)20(17-3-2-4-19(13-17)27-12-11-25)28-21(26)23-18-7-5-16(14-22)6-8-18/h2-8,13,15,20,24-25H,9-12H2,1H3,(H,23,26)/t15-,20+/m0/s1. The Morgan fingerprint density at radius 3 is 2.57 bits per heavy atom. The molecule has 0 aliphatic heterocycles. The molecule has 0 heterocycles. The van der Waals surface area contributed by atoms with Gasteiger partial charge in [-0.25, -0.2) is 4.79 Å². The molecule has 0 aromatic heterocycles. The van der Waals surface area contributed by atoms with Crippen molar-refractivity contribution in [2.24, 2.45) is 5.92 Å². The number of aliphatic hydroxyl groups is 2. The van der Waals surface area contributed by atoms with Crippen LogP contribution in [0.5, 0.6) is 5.75 Å². The van der Waals surface area contributed by atoms with Crippen LogP contribution < -0.4 is 10.1 Å². The van der Waals surface area contributed by atoms with Gasteiger partial charge < -0.3 is 19.7 Å². The third-order valence-corrected chi connectivity index (χ3v) is 4.14. The molecule has 0 aliphatic rings. The third-order valence-electron chi connectivity index (χ3n) is 4.14. The number of hydrogen-bond donors (Lipinski definition) is 3. The Morgan fingerprint density at radius 2 is 1.93 bits per heavy atom.